The van der Waals surface area contributed by atoms with Crippen LogP contribution >= 0.6 is 0 Å². The molecule has 84 valence electrons. The van der Waals surface area contributed by atoms with Crippen molar-refractivity contribution < 1.29 is 4.74 Å². The molecule has 0 radical (unpaired) electrons. The number of pyridine rings is 1. The number of aromatic nitrogens is 3. The van der Waals surface area contributed by atoms with Gasteiger partial charge >= 0.3 is 0 Å². The second-order valence-corrected chi connectivity index (χ2v) is 4.02. The second-order valence-electron chi connectivity index (χ2n) is 4.02. The number of nitrogens with zero attached hydrogens (tertiary/aromatic N) is 2. The molecule has 1 aliphatic heterocycles. The van der Waals surface area contributed by atoms with Crippen LogP contribution in [0.5, 0.6) is 5.75 Å². The van der Waals surface area contributed by atoms with Gasteiger partial charge in [-0.05, 0) is 13.0 Å². The number of aromatic amines is 1. The van der Waals surface area contributed by atoms with Crippen LogP contribution in [0.3, 0.4) is 0 Å². The molecule has 3 heterocycles. The minimum atomic E-state index is 0.471. The van der Waals surface area contributed by atoms with Crippen LogP contribution in [0.1, 0.15) is 18.2 Å². The molecule has 1 unspecified atom stereocenters. The molecule has 3 rings (SSSR count). The van der Waals surface area contributed by atoms with E-state index in [9.17, 15) is 0 Å². The van der Waals surface area contributed by atoms with Gasteiger partial charge in [0, 0.05) is 24.7 Å². The summed E-state index contributed by atoms with van der Waals surface area (Å²) in [5.74, 6) is 2.28. The highest BCUT2D eigenvalue weighted by Crippen LogP contribution is 2.26. The molecule has 0 aromatic carbocycles. The van der Waals surface area contributed by atoms with E-state index in [1.165, 1.54) is 0 Å². The maximum absolute atomic E-state index is 5.28. The predicted octanol–water partition coefficient (Wildman–Crippen LogP) is 1.04. The maximum Gasteiger partial charge on any atom is 0.181 e. The zero-order chi connectivity index (χ0) is 11.0. The van der Waals surface area contributed by atoms with Crippen molar-refractivity contribution >= 4 is 11.2 Å². The summed E-state index contributed by atoms with van der Waals surface area (Å²) >= 11 is 0. The summed E-state index contributed by atoms with van der Waals surface area (Å²) in [5.41, 5.74) is 1.63. The van der Waals surface area contributed by atoms with E-state index in [-0.39, 0.29) is 0 Å². The molecule has 16 heavy (non-hydrogen) atoms. The Morgan fingerprint density at radius 2 is 2.44 bits per heavy atom. The van der Waals surface area contributed by atoms with Crippen molar-refractivity contribution in [3.63, 3.8) is 0 Å². The molecule has 2 aromatic heterocycles. The molecule has 1 fully saturated rings. The highest BCUT2D eigenvalue weighted by atomic mass is 16.5. The third-order valence-electron chi connectivity index (χ3n) is 3.04. The summed E-state index contributed by atoms with van der Waals surface area (Å²) in [4.78, 5) is 12.1. The number of ether oxygens (including phenoxy) is 1. The fraction of sp³-hybridized carbons (Fsp3) is 0.455. The van der Waals surface area contributed by atoms with Gasteiger partial charge in [-0.25, -0.2) is 9.97 Å². The highest BCUT2D eigenvalue weighted by molar-refractivity contribution is 5.77. The molecule has 5 heteroatoms. The van der Waals surface area contributed by atoms with Crippen LogP contribution in [-0.2, 0) is 0 Å². The number of hydrogen-bond acceptors (Lipinski definition) is 4. The molecule has 1 saturated heterocycles. The lowest BCUT2D eigenvalue weighted by Gasteiger charge is -2.02. The van der Waals surface area contributed by atoms with E-state index in [0.29, 0.717) is 5.92 Å². The van der Waals surface area contributed by atoms with Crippen LogP contribution in [0.25, 0.3) is 11.2 Å². The van der Waals surface area contributed by atoms with Crippen LogP contribution < -0.4 is 10.1 Å². The lowest BCUT2D eigenvalue weighted by atomic mass is 10.1. The van der Waals surface area contributed by atoms with Crippen molar-refractivity contribution in [3.8, 4) is 5.75 Å². The van der Waals surface area contributed by atoms with Gasteiger partial charge < -0.3 is 15.0 Å². The van der Waals surface area contributed by atoms with Crippen molar-refractivity contribution in [2.24, 2.45) is 0 Å². The van der Waals surface area contributed by atoms with Crippen LogP contribution in [0, 0.1) is 0 Å². The molecule has 0 spiro atoms. The normalized spacial score (nSPS) is 20.4. The molecule has 2 N–H and O–H groups in total. The van der Waals surface area contributed by atoms with Crippen LogP contribution in [0.15, 0.2) is 12.3 Å². The first-order valence-electron chi connectivity index (χ1n) is 5.48. The first-order chi connectivity index (χ1) is 7.88. The number of imidazole rings is 1. The average Bonchev–Trinajstić information content (AvgIpc) is 2.96. The van der Waals surface area contributed by atoms with Gasteiger partial charge in [-0.15, -0.1) is 0 Å². The molecular formula is C11H14N4O. The monoisotopic (exact) mass is 218 g/mol. The molecular weight excluding hydrogens is 204 g/mol. The number of rotatable bonds is 2. The summed E-state index contributed by atoms with van der Waals surface area (Å²) in [5, 5.41) is 3.33. The Labute approximate surface area is 93.2 Å². The second kappa shape index (κ2) is 3.75. The van der Waals surface area contributed by atoms with Gasteiger partial charge in [0.15, 0.2) is 5.65 Å². The lowest BCUT2D eigenvalue weighted by Crippen LogP contribution is -2.08. The van der Waals surface area contributed by atoms with Crippen LogP contribution in [0.4, 0.5) is 0 Å². The van der Waals surface area contributed by atoms with Gasteiger partial charge in [-0.2, -0.15) is 0 Å². The third kappa shape index (κ3) is 1.44. The average molecular weight is 218 g/mol. The Morgan fingerprint density at radius 1 is 1.50 bits per heavy atom. The molecule has 1 atom stereocenters. The number of fused-ring (bicyclic) bond motifs is 1. The van der Waals surface area contributed by atoms with E-state index < -0.39 is 0 Å². The Kier molecular flexibility index (Phi) is 2.25. The van der Waals surface area contributed by atoms with Gasteiger partial charge in [-0.1, -0.05) is 0 Å². The SMILES string of the molecule is COc1ccnc2nc(C3CCNC3)[nH]c12. The molecule has 1 aliphatic rings. The van der Waals surface area contributed by atoms with Gasteiger partial charge in [-0.3, -0.25) is 0 Å². The van der Waals surface area contributed by atoms with E-state index in [0.717, 1.165) is 42.2 Å². The van der Waals surface area contributed by atoms with Gasteiger partial charge in [0.25, 0.3) is 0 Å². The largest absolute Gasteiger partial charge is 0.494 e. The van der Waals surface area contributed by atoms with Crippen molar-refractivity contribution in [2.45, 2.75) is 12.3 Å². The zero-order valence-corrected chi connectivity index (χ0v) is 9.16. The first kappa shape index (κ1) is 9.59. The van der Waals surface area contributed by atoms with Gasteiger partial charge in [0.05, 0.1) is 7.11 Å². The van der Waals surface area contributed by atoms with Gasteiger partial charge in [0.1, 0.15) is 17.1 Å². The number of hydrogen-bond donors (Lipinski definition) is 2. The Hall–Kier alpha value is -1.62. The quantitative estimate of drug-likeness (QED) is 0.790. The van der Waals surface area contributed by atoms with E-state index in [2.05, 4.69) is 20.3 Å². The summed E-state index contributed by atoms with van der Waals surface area (Å²) in [7, 11) is 1.66. The van der Waals surface area contributed by atoms with E-state index in [1.807, 2.05) is 6.07 Å². The van der Waals surface area contributed by atoms with Crippen LogP contribution in [0.2, 0.25) is 0 Å². The first-order valence-corrected chi connectivity index (χ1v) is 5.48. The van der Waals surface area contributed by atoms with Crippen molar-refractivity contribution in [1.82, 2.24) is 20.3 Å². The number of nitrogens with one attached hydrogen (secondary N) is 2. The molecule has 0 bridgehead atoms. The van der Waals surface area contributed by atoms with E-state index >= 15 is 0 Å². The molecule has 5 nitrogen and oxygen atoms in total. The van der Waals surface area contributed by atoms with E-state index in [4.69, 9.17) is 4.74 Å². The topological polar surface area (TPSA) is 62.8 Å². The molecule has 2 aromatic rings. The zero-order valence-electron chi connectivity index (χ0n) is 9.16. The highest BCUT2D eigenvalue weighted by Gasteiger charge is 2.21. The summed E-state index contributed by atoms with van der Waals surface area (Å²) in [6, 6.07) is 1.84. The fourth-order valence-corrected chi connectivity index (χ4v) is 2.16. The predicted molar refractivity (Wildman–Crippen MR) is 60.7 cm³/mol. The third-order valence-corrected chi connectivity index (χ3v) is 3.04. The lowest BCUT2D eigenvalue weighted by molar-refractivity contribution is 0.418. The van der Waals surface area contributed by atoms with Crippen molar-refractivity contribution in [3.05, 3.63) is 18.1 Å². The number of methoxy groups -OCH3 is 1. The number of H-pyrrole nitrogens is 1. The van der Waals surface area contributed by atoms with Crippen LogP contribution in [-0.4, -0.2) is 35.2 Å². The Morgan fingerprint density at radius 3 is 3.19 bits per heavy atom. The Balaban J connectivity index is 2.07. The molecule has 0 amide bonds. The summed E-state index contributed by atoms with van der Waals surface area (Å²) in [6.07, 6.45) is 2.85. The minimum Gasteiger partial charge on any atom is -0.494 e. The maximum atomic E-state index is 5.28. The summed E-state index contributed by atoms with van der Waals surface area (Å²) < 4.78 is 5.28. The minimum absolute atomic E-state index is 0.471. The standard InChI is InChI=1S/C11H14N4O/c1-16-8-3-5-13-11-9(8)14-10(15-11)7-2-4-12-6-7/h3,5,7,12H,2,4,6H2,1H3,(H,13,14,15). The smallest absolute Gasteiger partial charge is 0.181 e. The Bertz CT molecular complexity index is 502. The van der Waals surface area contributed by atoms with Crippen molar-refractivity contribution in [1.29, 1.82) is 0 Å². The molecule has 0 saturated carbocycles. The summed E-state index contributed by atoms with van der Waals surface area (Å²) in [6.45, 7) is 2.05. The van der Waals surface area contributed by atoms with Crippen molar-refractivity contribution in [2.75, 3.05) is 20.2 Å². The van der Waals surface area contributed by atoms with E-state index in [1.54, 1.807) is 13.3 Å². The van der Waals surface area contributed by atoms with Gasteiger partial charge in [0.2, 0.25) is 0 Å². The molecule has 0 aliphatic carbocycles. The fourth-order valence-electron chi connectivity index (χ4n) is 2.16.